The summed E-state index contributed by atoms with van der Waals surface area (Å²) in [7, 11) is 5.96. The molecule has 0 aliphatic rings. The number of esters is 2. The normalized spacial score (nSPS) is 13.5. The Kier molecular flexibility index (Phi) is 49.7. The van der Waals surface area contributed by atoms with Crippen molar-refractivity contribution in [3.05, 3.63) is 97.2 Å². The fourth-order valence-electron chi connectivity index (χ4n) is 7.46. The molecular weight excluding hydrogens is 887 g/mol. The van der Waals surface area contributed by atoms with Gasteiger partial charge in [-0.25, -0.2) is 4.79 Å². The highest BCUT2D eigenvalue weighted by atomic mass is 16.7. The highest BCUT2D eigenvalue weighted by molar-refractivity contribution is 5.71. The largest absolute Gasteiger partial charge is 0.477 e. The molecule has 2 atom stereocenters. The summed E-state index contributed by atoms with van der Waals surface area (Å²) in [4.78, 5) is 37.4. The molecule has 9 nitrogen and oxygen atoms in total. The van der Waals surface area contributed by atoms with E-state index < -0.39 is 24.3 Å². The lowest BCUT2D eigenvalue weighted by Gasteiger charge is -2.25. The third kappa shape index (κ3) is 53.8. The summed E-state index contributed by atoms with van der Waals surface area (Å²) in [5, 5.41) is 9.69. The molecular formula is C62H106NO8+. The number of carbonyl (C=O) groups is 3. The Balaban J connectivity index is 4.27. The van der Waals surface area contributed by atoms with E-state index in [0.717, 1.165) is 103 Å². The SMILES string of the molecule is CC/C=C\C/C=C\C/C=C\C/C=C\C/C=C\C/C=C\CCCCCCCCCCCCC(=O)OC(COC(=O)CCCCCCCCC/C=C\C/C=C\CCCCC)COC(OCC[N+](C)(C)C)C(=O)O. The van der Waals surface area contributed by atoms with Crippen LogP contribution in [0.2, 0.25) is 0 Å². The van der Waals surface area contributed by atoms with Gasteiger partial charge in [0.2, 0.25) is 0 Å². The molecule has 0 fully saturated rings. The molecule has 2 unspecified atom stereocenters. The molecule has 406 valence electrons. The Bertz CT molecular complexity index is 1480. The number of aliphatic carboxylic acids is 1. The first kappa shape index (κ1) is 67.2. The second-order valence-electron chi connectivity index (χ2n) is 19.9. The third-order valence-corrected chi connectivity index (χ3v) is 11.8. The molecule has 0 saturated heterocycles. The number of quaternary nitrogens is 1. The van der Waals surface area contributed by atoms with Crippen molar-refractivity contribution in [3.63, 3.8) is 0 Å². The zero-order valence-electron chi connectivity index (χ0n) is 46.1. The van der Waals surface area contributed by atoms with E-state index >= 15 is 0 Å². The molecule has 0 aromatic rings. The summed E-state index contributed by atoms with van der Waals surface area (Å²) in [6.07, 6.45) is 67.6. The predicted molar refractivity (Wildman–Crippen MR) is 299 cm³/mol. The predicted octanol–water partition coefficient (Wildman–Crippen LogP) is 16.6. The van der Waals surface area contributed by atoms with Gasteiger partial charge in [-0.15, -0.1) is 0 Å². The number of carboxylic acids is 1. The summed E-state index contributed by atoms with van der Waals surface area (Å²) >= 11 is 0. The van der Waals surface area contributed by atoms with Crippen molar-refractivity contribution in [2.45, 2.75) is 232 Å². The Morgan fingerprint density at radius 3 is 1.20 bits per heavy atom. The fourth-order valence-corrected chi connectivity index (χ4v) is 7.46. The number of rotatable bonds is 51. The Morgan fingerprint density at radius 2 is 0.803 bits per heavy atom. The van der Waals surface area contributed by atoms with Crippen LogP contribution >= 0.6 is 0 Å². The highest BCUT2D eigenvalue weighted by Gasteiger charge is 2.25. The van der Waals surface area contributed by atoms with Gasteiger partial charge in [0, 0.05) is 12.8 Å². The zero-order valence-corrected chi connectivity index (χ0v) is 46.1. The van der Waals surface area contributed by atoms with Crippen molar-refractivity contribution >= 4 is 17.9 Å². The third-order valence-electron chi connectivity index (χ3n) is 11.8. The van der Waals surface area contributed by atoms with E-state index in [2.05, 4.69) is 111 Å². The number of unbranched alkanes of at least 4 members (excludes halogenated alkanes) is 20. The quantitative estimate of drug-likeness (QED) is 0.0211. The van der Waals surface area contributed by atoms with Gasteiger partial charge in [-0.1, -0.05) is 207 Å². The Morgan fingerprint density at radius 1 is 0.437 bits per heavy atom. The maximum atomic E-state index is 12.9. The van der Waals surface area contributed by atoms with Crippen LogP contribution in [0.25, 0.3) is 0 Å². The number of likely N-dealkylation sites (N-methyl/N-ethyl adjacent to an activating group) is 1. The van der Waals surface area contributed by atoms with Gasteiger partial charge < -0.3 is 28.5 Å². The molecule has 0 amide bonds. The van der Waals surface area contributed by atoms with Gasteiger partial charge in [-0.2, -0.15) is 0 Å². The molecule has 9 heteroatoms. The van der Waals surface area contributed by atoms with E-state index in [0.29, 0.717) is 17.4 Å². The van der Waals surface area contributed by atoms with Crippen molar-refractivity contribution < 1.29 is 42.9 Å². The van der Waals surface area contributed by atoms with Gasteiger partial charge in [0.25, 0.3) is 6.29 Å². The van der Waals surface area contributed by atoms with Crippen LogP contribution in [0.3, 0.4) is 0 Å². The first-order chi connectivity index (χ1) is 34.6. The maximum absolute atomic E-state index is 12.9. The average molecular weight is 994 g/mol. The highest BCUT2D eigenvalue weighted by Crippen LogP contribution is 2.15. The number of hydrogen-bond acceptors (Lipinski definition) is 7. The zero-order chi connectivity index (χ0) is 52.0. The van der Waals surface area contributed by atoms with Gasteiger partial charge >= 0.3 is 17.9 Å². The smallest absolute Gasteiger partial charge is 0.361 e. The number of nitrogens with zero attached hydrogens (tertiary/aromatic N) is 1. The van der Waals surface area contributed by atoms with Crippen LogP contribution in [0, 0.1) is 0 Å². The summed E-state index contributed by atoms with van der Waals surface area (Å²) in [6, 6.07) is 0. The number of hydrogen-bond donors (Lipinski definition) is 1. The van der Waals surface area contributed by atoms with Crippen molar-refractivity contribution in [2.75, 3.05) is 47.5 Å². The van der Waals surface area contributed by atoms with Gasteiger partial charge in [0.15, 0.2) is 6.10 Å². The van der Waals surface area contributed by atoms with Crippen molar-refractivity contribution in [2.24, 2.45) is 0 Å². The molecule has 0 spiro atoms. The minimum atomic E-state index is -1.52. The fraction of sp³-hybridized carbons (Fsp3) is 0.694. The summed E-state index contributed by atoms with van der Waals surface area (Å²) in [5.74, 6) is -2.03. The van der Waals surface area contributed by atoms with Crippen LogP contribution < -0.4 is 0 Å². The van der Waals surface area contributed by atoms with E-state index in [1.807, 2.05) is 21.1 Å². The van der Waals surface area contributed by atoms with Crippen molar-refractivity contribution in [3.8, 4) is 0 Å². The summed E-state index contributed by atoms with van der Waals surface area (Å²) in [5.41, 5.74) is 0. The van der Waals surface area contributed by atoms with Crippen molar-refractivity contribution in [1.82, 2.24) is 0 Å². The lowest BCUT2D eigenvalue weighted by Crippen LogP contribution is -2.40. The lowest BCUT2D eigenvalue weighted by atomic mass is 10.0. The van der Waals surface area contributed by atoms with Gasteiger partial charge in [0.1, 0.15) is 13.2 Å². The molecule has 0 rings (SSSR count). The molecule has 0 radical (unpaired) electrons. The van der Waals surface area contributed by atoms with Crippen LogP contribution in [0.5, 0.6) is 0 Å². The average Bonchev–Trinajstić information content (AvgIpc) is 3.34. The molecule has 71 heavy (non-hydrogen) atoms. The van der Waals surface area contributed by atoms with Gasteiger partial charge in [-0.05, 0) is 96.3 Å². The van der Waals surface area contributed by atoms with Crippen LogP contribution in [0.4, 0.5) is 0 Å². The second kappa shape index (κ2) is 52.5. The van der Waals surface area contributed by atoms with E-state index in [1.54, 1.807) is 0 Å². The number of allylic oxidation sites excluding steroid dienone is 16. The standard InChI is InChI=1S/C62H105NO8/c1-6-8-10-12-14-16-18-20-22-24-25-26-27-28-29-30-31-32-33-34-35-37-39-41-43-45-47-49-51-53-60(65)71-58(57-70-62(61(66)67)68-55-54-63(3,4)5)56-69-59(64)52-50-48-46-44-42-40-38-36-23-21-19-17-15-13-11-9-7-2/h8,10,14-17,20-23,25-26,28-29,31-32,58,62H,6-7,9,11-13,18-19,24,27,30,33-57H2,1-5H3/p+1/b10-8-,16-14-,17-15-,22-20-,23-21-,26-25-,29-28-,32-31-. The molecule has 0 aliphatic heterocycles. The molecule has 0 bridgehead atoms. The molecule has 0 saturated carbocycles. The monoisotopic (exact) mass is 993 g/mol. The molecule has 0 aliphatic carbocycles. The minimum absolute atomic E-state index is 0.181. The second-order valence-corrected chi connectivity index (χ2v) is 19.9. The van der Waals surface area contributed by atoms with E-state index in [-0.39, 0.29) is 38.6 Å². The minimum Gasteiger partial charge on any atom is -0.477 e. The van der Waals surface area contributed by atoms with E-state index in [1.165, 1.54) is 83.5 Å². The number of ether oxygens (including phenoxy) is 4. The molecule has 0 aromatic heterocycles. The van der Waals surface area contributed by atoms with E-state index in [9.17, 15) is 19.5 Å². The van der Waals surface area contributed by atoms with Crippen LogP contribution in [0.15, 0.2) is 97.2 Å². The maximum Gasteiger partial charge on any atom is 0.361 e. The van der Waals surface area contributed by atoms with Crippen LogP contribution in [-0.4, -0.2) is 87.4 Å². The first-order valence-electron chi connectivity index (χ1n) is 28.4. The molecule has 0 aromatic carbocycles. The van der Waals surface area contributed by atoms with Gasteiger partial charge in [-0.3, -0.25) is 9.59 Å². The Hall–Kier alpha value is -3.79. The van der Waals surface area contributed by atoms with Gasteiger partial charge in [0.05, 0.1) is 34.4 Å². The molecule has 1 N–H and O–H groups in total. The first-order valence-corrected chi connectivity index (χ1v) is 28.4. The summed E-state index contributed by atoms with van der Waals surface area (Å²) in [6.45, 7) is 4.72. The lowest BCUT2D eigenvalue weighted by molar-refractivity contribution is -0.870. The molecule has 0 heterocycles. The summed E-state index contributed by atoms with van der Waals surface area (Å²) < 4.78 is 22.8. The number of carbonyl (C=O) groups excluding carboxylic acids is 2. The topological polar surface area (TPSA) is 108 Å². The van der Waals surface area contributed by atoms with Crippen molar-refractivity contribution in [1.29, 1.82) is 0 Å². The number of carboxylic acid groups (broad SMARTS) is 1. The van der Waals surface area contributed by atoms with Crippen LogP contribution in [0.1, 0.15) is 219 Å². The van der Waals surface area contributed by atoms with E-state index in [4.69, 9.17) is 18.9 Å². The van der Waals surface area contributed by atoms with Crippen LogP contribution in [-0.2, 0) is 33.3 Å². The Labute approximate surface area is 435 Å².